The molecular weight excluding hydrogens is 1290 g/mol. The topological polar surface area (TPSA) is 148 Å². The number of aliphatic imine (C=N–C) groups is 2. The third kappa shape index (κ3) is 13.3. The third-order valence-electron chi connectivity index (χ3n) is 21.0. The number of benzene rings is 4. The number of carbonyl (C=O) groups is 4. The molecule has 2 N–H and O–H groups in total. The van der Waals surface area contributed by atoms with Crippen molar-refractivity contribution in [3.05, 3.63) is 161 Å². The van der Waals surface area contributed by atoms with E-state index in [9.17, 15) is 24.3 Å². The van der Waals surface area contributed by atoms with E-state index in [1.54, 1.807) is 4.90 Å². The maximum absolute atomic E-state index is 14.7. The van der Waals surface area contributed by atoms with Gasteiger partial charge in [-0.15, -0.1) is 0 Å². The molecule has 0 spiro atoms. The van der Waals surface area contributed by atoms with Crippen molar-refractivity contribution >= 4 is 104 Å². The van der Waals surface area contributed by atoms with E-state index in [1.807, 2.05) is 102 Å². The number of rotatable bonds is 14. The highest BCUT2D eigenvalue weighted by Crippen LogP contribution is 2.59. The van der Waals surface area contributed by atoms with Gasteiger partial charge in [0.05, 0.1) is 12.1 Å². The number of carboxylic acid groups (broad SMARTS) is 1. The number of amides is 3. The summed E-state index contributed by atoms with van der Waals surface area (Å²) in [7, 11) is 4.47. The van der Waals surface area contributed by atoms with Crippen molar-refractivity contribution in [2.24, 2.45) is 21.8 Å². The lowest BCUT2D eigenvalue weighted by molar-refractivity contribution is -0.147. The fourth-order valence-corrected chi connectivity index (χ4v) is 18.7. The molecular formula is C72H88Cl4N10O5S2. The van der Waals surface area contributed by atoms with E-state index in [0.717, 1.165) is 82.0 Å². The molecule has 93 heavy (non-hydrogen) atoms. The van der Waals surface area contributed by atoms with E-state index in [0.29, 0.717) is 61.2 Å². The zero-order chi connectivity index (χ0) is 66.1. The average Bonchev–Trinajstić information content (AvgIpc) is 1.56. The standard InChI is InChI=1S/C36H43Cl2N5O2S.C28H29Cl2N3O3S.C8H16N2/c1-21(2)30-31(34(45)42-22(3)6-17-29(42)33(44)41-19-18-28(20-41)40(5)27-15-16-27)46-35-39-36(4,24-9-13-26(38)14-10-24)32(43(30)35)23-7-11-25(37)12-8-23;1-15(2)22-23(25(34)32-16(3)5-14-21(32)26(35)36)37-27-31-28(4,18-8-12-20(30)13-9-18)24(33(22)27)17-6-10-19(29)11-7-17;1-10(7-2-3-7)8-4-5-9-6-8/h7-14,21-22,27-29,32H,6,15-20H2,1-5H3;6-13,15-16,21,24H,5,14H2,1-4H3,(H,35,36);7-9H,2-6H2,1H3/t22-,28-,29+,32-,36+;16-,21+,24-,28+;/m11./s1. The Kier molecular flexibility index (Phi) is 20.0. The highest BCUT2D eigenvalue weighted by atomic mass is 35.5. The van der Waals surface area contributed by atoms with Crippen LogP contribution < -0.4 is 5.32 Å². The molecule has 0 bridgehead atoms. The molecule has 496 valence electrons. The largest absolute Gasteiger partial charge is 0.480 e. The minimum atomic E-state index is -0.959. The molecule has 2 aliphatic carbocycles. The fraction of sp³-hybridized carbons (Fsp3) is 0.528. The van der Waals surface area contributed by atoms with E-state index in [-0.39, 0.29) is 53.7 Å². The highest BCUT2D eigenvalue weighted by molar-refractivity contribution is 8.18. The first-order chi connectivity index (χ1) is 44.4. The number of likely N-dealkylation sites (N-methyl/N-ethyl adjacent to an activating group) is 2. The number of halogens is 4. The first-order valence-corrected chi connectivity index (χ1v) is 36.5. The molecule has 14 rings (SSSR count). The van der Waals surface area contributed by atoms with Crippen LogP contribution in [-0.4, -0.2) is 162 Å². The van der Waals surface area contributed by atoms with E-state index in [1.165, 1.54) is 68.7 Å². The van der Waals surface area contributed by atoms with Crippen LogP contribution in [0.25, 0.3) is 0 Å². The van der Waals surface area contributed by atoms with Crippen LogP contribution in [0.1, 0.15) is 154 Å². The van der Waals surface area contributed by atoms with E-state index in [2.05, 4.69) is 99.6 Å². The SMILES string of the molecule is CC(C)C1=C(C(=O)N2[C@H](C)CC[C@H]2C(=O)N2CC[C@@H](N(C)C3CC3)C2)SC2=N[C@@](C)(c3ccc(Cl)cc3)[C@@H](c3ccc(Cl)cc3)N21.CC(C)C1=C(C(=O)N2[C@H](C)CC[C@H]2C(=O)O)SC2=N[C@@](C)(c3ccc(Cl)cc3)[C@@H](c3ccc(Cl)cc3)N21.CN(C1CC1)C1CCNC1. The first kappa shape index (κ1) is 67.9. The number of likely N-dealkylation sites (tertiary alicyclic amines) is 3. The van der Waals surface area contributed by atoms with Gasteiger partial charge in [0.25, 0.3) is 11.8 Å². The van der Waals surface area contributed by atoms with Crippen LogP contribution >= 0.6 is 69.9 Å². The lowest BCUT2D eigenvalue weighted by Crippen LogP contribution is -2.50. The van der Waals surface area contributed by atoms with Crippen LogP contribution in [0.5, 0.6) is 0 Å². The molecule has 1 unspecified atom stereocenters. The second kappa shape index (κ2) is 27.4. The molecule has 10 atom stereocenters. The van der Waals surface area contributed by atoms with Gasteiger partial charge >= 0.3 is 5.97 Å². The van der Waals surface area contributed by atoms with Gasteiger partial charge in [0, 0.05) is 87.4 Å². The summed E-state index contributed by atoms with van der Waals surface area (Å²) >= 11 is 27.9. The number of amidine groups is 2. The Labute approximate surface area is 577 Å². The van der Waals surface area contributed by atoms with Gasteiger partial charge in [-0.1, -0.05) is 123 Å². The van der Waals surface area contributed by atoms with Crippen molar-refractivity contribution in [1.29, 1.82) is 0 Å². The molecule has 2 saturated carbocycles. The Hall–Kier alpha value is -5.08. The molecule has 6 fully saturated rings. The predicted octanol–water partition coefficient (Wildman–Crippen LogP) is 14.5. The van der Waals surface area contributed by atoms with Crippen molar-refractivity contribution in [3.8, 4) is 0 Å². The van der Waals surface area contributed by atoms with Gasteiger partial charge in [-0.2, -0.15) is 0 Å². The van der Waals surface area contributed by atoms with Gasteiger partial charge in [-0.3, -0.25) is 24.2 Å². The molecule has 0 radical (unpaired) electrons. The molecule has 15 nitrogen and oxygen atoms in total. The number of allylic oxidation sites excluding steroid dienone is 2. The molecule has 21 heteroatoms. The predicted molar refractivity (Wildman–Crippen MR) is 378 cm³/mol. The van der Waals surface area contributed by atoms with Crippen LogP contribution in [-0.2, 0) is 30.3 Å². The minimum Gasteiger partial charge on any atom is -0.480 e. The molecule has 0 aromatic heterocycles. The minimum absolute atomic E-state index is 0.00250. The summed E-state index contributed by atoms with van der Waals surface area (Å²) in [4.78, 5) is 81.4. The summed E-state index contributed by atoms with van der Waals surface area (Å²) in [6.07, 6.45) is 10.4. The van der Waals surface area contributed by atoms with Crippen molar-refractivity contribution in [2.75, 3.05) is 40.3 Å². The number of nitrogens with one attached hydrogen (secondary N) is 1. The van der Waals surface area contributed by atoms with Crippen molar-refractivity contribution in [1.82, 2.24) is 39.6 Å². The molecule has 4 saturated heterocycles. The monoisotopic (exact) mass is 1380 g/mol. The van der Waals surface area contributed by atoms with Gasteiger partial charge in [-0.05, 0) is 219 Å². The molecule has 10 aliphatic rings. The van der Waals surface area contributed by atoms with Gasteiger partial charge in [0.2, 0.25) is 5.91 Å². The second-order valence-corrected chi connectivity index (χ2v) is 31.7. The van der Waals surface area contributed by atoms with Crippen molar-refractivity contribution < 1.29 is 24.3 Å². The maximum Gasteiger partial charge on any atom is 0.326 e. The number of carbonyl (C=O) groups excluding carboxylic acids is 3. The van der Waals surface area contributed by atoms with Gasteiger partial charge in [-0.25, -0.2) is 14.8 Å². The van der Waals surface area contributed by atoms with Gasteiger partial charge in [0.1, 0.15) is 33.0 Å². The number of fused-ring (bicyclic) bond motifs is 2. The number of aliphatic carboxylic acids is 1. The zero-order valence-electron chi connectivity index (χ0n) is 55.0. The number of carboxylic acids is 1. The van der Waals surface area contributed by atoms with E-state index in [4.69, 9.17) is 56.4 Å². The Bertz CT molecular complexity index is 3620. The Morgan fingerprint density at radius 1 is 0.548 bits per heavy atom. The summed E-state index contributed by atoms with van der Waals surface area (Å²) in [5, 5.41) is 17.4. The van der Waals surface area contributed by atoms with Crippen LogP contribution in [0.4, 0.5) is 0 Å². The molecule has 8 heterocycles. The number of hydrogen-bond donors (Lipinski definition) is 2. The molecule has 3 amide bonds. The van der Waals surface area contributed by atoms with Crippen LogP contribution in [0.15, 0.2) is 128 Å². The number of thioether (sulfide) groups is 2. The normalized spacial score (nSPS) is 29.0. The number of hydrogen-bond acceptors (Lipinski definition) is 13. The number of nitrogens with zero attached hydrogens (tertiary/aromatic N) is 9. The quantitative estimate of drug-likeness (QED) is 0.124. The molecule has 4 aromatic carbocycles. The average molecular weight is 1380 g/mol. The summed E-state index contributed by atoms with van der Waals surface area (Å²) in [5.41, 5.74) is 4.69. The Balaban J connectivity index is 0.000000158. The van der Waals surface area contributed by atoms with E-state index >= 15 is 0 Å². The molecule has 8 aliphatic heterocycles. The van der Waals surface area contributed by atoms with Crippen molar-refractivity contribution in [3.63, 3.8) is 0 Å². The van der Waals surface area contributed by atoms with Crippen LogP contribution in [0.3, 0.4) is 0 Å². The van der Waals surface area contributed by atoms with Crippen molar-refractivity contribution in [2.45, 2.75) is 191 Å². The Morgan fingerprint density at radius 3 is 1.33 bits per heavy atom. The molecule has 4 aromatic rings. The summed E-state index contributed by atoms with van der Waals surface area (Å²) in [6.45, 7) is 20.6. The van der Waals surface area contributed by atoms with Gasteiger partial charge in [0.15, 0.2) is 10.3 Å². The summed E-state index contributed by atoms with van der Waals surface area (Å²) < 4.78 is 0. The first-order valence-electron chi connectivity index (χ1n) is 33.3. The summed E-state index contributed by atoms with van der Waals surface area (Å²) in [5.74, 6) is -1.09. The second-order valence-electron chi connectivity index (χ2n) is 28.0. The van der Waals surface area contributed by atoms with Crippen LogP contribution in [0, 0.1) is 11.8 Å². The zero-order valence-corrected chi connectivity index (χ0v) is 59.7. The van der Waals surface area contributed by atoms with E-state index < -0.39 is 29.1 Å². The van der Waals surface area contributed by atoms with Gasteiger partial charge < -0.3 is 34.9 Å². The maximum atomic E-state index is 14.7. The lowest BCUT2D eigenvalue weighted by atomic mass is 9.81. The summed E-state index contributed by atoms with van der Waals surface area (Å²) in [6, 6.07) is 32.3. The smallest absolute Gasteiger partial charge is 0.326 e. The Morgan fingerprint density at radius 2 is 0.946 bits per heavy atom. The highest BCUT2D eigenvalue weighted by Gasteiger charge is 2.57. The lowest BCUT2D eigenvalue weighted by Gasteiger charge is -2.37. The fourth-order valence-electron chi connectivity index (χ4n) is 15.5. The van der Waals surface area contributed by atoms with Crippen LogP contribution in [0.2, 0.25) is 20.1 Å². The third-order valence-corrected chi connectivity index (χ3v) is 24.1.